The Kier molecular flexibility index (Phi) is 3.09. The monoisotopic (exact) mass is 288 g/mol. The standard InChI is InChI=1S/C12H12N6O3/c1-3-17-5-14-9-7(11(17)19)15-16-10-8(12(20)21-4-2)13-6-18(9)10/h5-6H,3-4H2,1-2H3. The van der Waals surface area contributed by atoms with E-state index in [1.807, 2.05) is 6.92 Å². The third-order valence-corrected chi connectivity index (χ3v) is 3.02. The zero-order chi connectivity index (χ0) is 15.0. The van der Waals surface area contributed by atoms with E-state index in [9.17, 15) is 9.59 Å². The Morgan fingerprint density at radius 1 is 1.19 bits per heavy atom. The Morgan fingerprint density at radius 3 is 2.71 bits per heavy atom. The minimum Gasteiger partial charge on any atom is -0.461 e. The van der Waals surface area contributed by atoms with E-state index in [4.69, 9.17) is 4.74 Å². The van der Waals surface area contributed by atoms with Gasteiger partial charge >= 0.3 is 5.97 Å². The van der Waals surface area contributed by atoms with Gasteiger partial charge in [-0.15, -0.1) is 10.2 Å². The molecular formula is C12H12N6O3. The molecule has 9 heteroatoms. The molecule has 0 aromatic carbocycles. The van der Waals surface area contributed by atoms with Crippen molar-refractivity contribution in [3.05, 3.63) is 28.7 Å². The quantitative estimate of drug-likeness (QED) is 0.626. The molecule has 0 radical (unpaired) electrons. The van der Waals surface area contributed by atoms with Crippen molar-refractivity contribution in [2.45, 2.75) is 20.4 Å². The highest BCUT2D eigenvalue weighted by molar-refractivity contribution is 5.94. The molecule has 108 valence electrons. The number of hydrogen-bond donors (Lipinski definition) is 0. The topological polar surface area (TPSA) is 104 Å². The van der Waals surface area contributed by atoms with Crippen LogP contribution in [0.25, 0.3) is 16.8 Å². The minimum absolute atomic E-state index is 0.0488. The predicted molar refractivity (Wildman–Crippen MR) is 72.0 cm³/mol. The highest BCUT2D eigenvalue weighted by atomic mass is 16.5. The van der Waals surface area contributed by atoms with Crippen molar-refractivity contribution in [1.29, 1.82) is 0 Å². The van der Waals surface area contributed by atoms with E-state index in [2.05, 4.69) is 20.2 Å². The number of fused-ring (bicyclic) bond motifs is 3. The van der Waals surface area contributed by atoms with Crippen LogP contribution in [0.2, 0.25) is 0 Å². The minimum atomic E-state index is -0.587. The normalized spacial score (nSPS) is 11.1. The first-order valence-corrected chi connectivity index (χ1v) is 6.43. The van der Waals surface area contributed by atoms with Crippen LogP contribution in [0.15, 0.2) is 17.4 Å². The molecule has 3 aromatic rings. The van der Waals surface area contributed by atoms with E-state index in [0.29, 0.717) is 12.2 Å². The van der Waals surface area contributed by atoms with Crippen LogP contribution >= 0.6 is 0 Å². The lowest BCUT2D eigenvalue weighted by Gasteiger charge is -2.03. The van der Waals surface area contributed by atoms with Gasteiger partial charge in [0.1, 0.15) is 12.7 Å². The van der Waals surface area contributed by atoms with Crippen molar-refractivity contribution in [2.75, 3.05) is 6.61 Å². The number of esters is 1. The predicted octanol–water partition coefficient (Wildman–Crippen LogP) is 0.0308. The fourth-order valence-corrected chi connectivity index (χ4v) is 1.99. The molecule has 21 heavy (non-hydrogen) atoms. The highest BCUT2D eigenvalue weighted by Gasteiger charge is 2.19. The molecule has 0 saturated carbocycles. The summed E-state index contributed by atoms with van der Waals surface area (Å²) in [6, 6.07) is 0. The fraction of sp³-hybridized carbons (Fsp3) is 0.333. The molecule has 0 saturated heterocycles. The first-order chi connectivity index (χ1) is 10.2. The molecule has 0 N–H and O–H groups in total. The molecule has 9 nitrogen and oxygen atoms in total. The zero-order valence-corrected chi connectivity index (χ0v) is 11.5. The van der Waals surface area contributed by atoms with Gasteiger partial charge in [0.05, 0.1) is 6.61 Å². The van der Waals surface area contributed by atoms with Crippen LogP contribution in [0, 0.1) is 0 Å². The fourth-order valence-electron chi connectivity index (χ4n) is 1.99. The summed E-state index contributed by atoms with van der Waals surface area (Å²) >= 11 is 0. The Morgan fingerprint density at radius 2 is 2.00 bits per heavy atom. The third-order valence-electron chi connectivity index (χ3n) is 3.02. The number of aryl methyl sites for hydroxylation is 1. The van der Waals surface area contributed by atoms with E-state index >= 15 is 0 Å². The van der Waals surface area contributed by atoms with Gasteiger partial charge in [0.2, 0.25) is 0 Å². The average Bonchev–Trinajstić information content (AvgIpc) is 2.92. The zero-order valence-electron chi connectivity index (χ0n) is 11.5. The summed E-state index contributed by atoms with van der Waals surface area (Å²) in [5, 5.41) is 7.78. The lowest BCUT2D eigenvalue weighted by atomic mass is 10.4. The second kappa shape index (κ2) is 4.93. The molecule has 3 rings (SSSR count). The molecule has 0 aliphatic carbocycles. The van der Waals surface area contributed by atoms with Crippen molar-refractivity contribution >= 4 is 22.8 Å². The Labute approximate surface area is 118 Å². The molecule has 3 aromatic heterocycles. The summed E-state index contributed by atoms with van der Waals surface area (Å²) in [5.74, 6) is -0.587. The first kappa shape index (κ1) is 13.2. The van der Waals surface area contributed by atoms with Gasteiger partial charge in [0.25, 0.3) is 5.56 Å². The van der Waals surface area contributed by atoms with Gasteiger partial charge in [-0.05, 0) is 13.8 Å². The summed E-state index contributed by atoms with van der Waals surface area (Å²) < 4.78 is 7.77. The third kappa shape index (κ3) is 1.93. The number of imidazole rings is 1. The summed E-state index contributed by atoms with van der Waals surface area (Å²) in [6.07, 6.45) is 2.80. The maximum Gasteiger partial charge on any atom is 0.360 e. The SMILES string of the molecule is CCOC(=O)c1ncn2c1nnc1c(=O)n(CC)cnc12. The Bertz CT molecular complexity index is 897. The molecule has 3 heterocycles. The van der Waals surface area contributed by atoms with Crippen LogP contribution in [-0.4, -0.2) is 41.7 Å². The summed E-state index contributed by atoms with van der Waals surface area (Å²) in [7, 11) is 0. The summed E-state index contributed by atoms with van der Waals surface area (Å²) in [4.78, 5) is 32.1. The molecule has 0 spiro atoms. The second-order valence-corrected chi connectivity index (χ2v) is 4.22. The number of aromatic nitrogens is 6. The van der Waals surface area contributed by atoms with Crippen LogP contribution < -0.4 is 5.56 Å². The van der Waals surface area contributed by atoms with Crippen molar-refractivity contribution in [1.82, 2.24) is 29.1 Å². The average molecular weight is 288 g/mol. The lowest BCUT2D eigenvalue weighted by molar-refractivity contribution is 0.0522. The van der Waals surface area contributed by atoms with E-state index < -0.39 is 5.97 Å². The number of carbonyl (C=O) groups excluding carboxylic acids is 1. The van der Waals surface area contributed by atoms with E-state index in [-0.39, 0.29) is 29.0 Å². The molecule has 0 fully saturated rings. The van der Waals surface area contributed by atoms with Gasteiger partial charge in [0.15, 0.2) is 22.5 Å². The number of carbonyl (C=O) groups is 1. The lowest BCUT2D eigenvalue weighted by Crippen LogP contribution is -2.22. The van der Waals surface area contributed by atoms with Gasteiger partial charge in [-0.25, -0.2) is 14.8 Å². The highest BCUT2D eigenvalue weighted by Crippen LogP contribution is 2.11. The second-order valence-electron chi connectivity index (χ2n) is 4.22. The van der Waals surface area contributed by atoms with Gasteiger partial charge in [-0.1, -0.05) is 0 Å². The van der Waals surface area contributed by atoms with Crippen LogP contribution in [0.3, 0.4) is 0 Å². The molecular weight excluding hydrogens is 276 g/mol. The van der Waals surface area contributed by atoms with Gasteiger partial charge in [-0.2, -0.15) is 0 Å². The maximum absolute atomic E-state index is 12.1. The first-order valence-electron chi connectivity index (χ1n) is 6.43. The molecule has 0 atom stereocenters. The summed E-state index contributed by atoms with van der Waals surface area (Å²) in [5.41, 5.74) is 0.399. The van der Waals surface area contributed by atoms with Gasteiger partial charge in [-0.3, -0.25) is 13.8 Å². The molecule has 0 aliphatic heterocycles. The van der Waals surface area contributed by atoms with Crippen LogP contribution in [0.4, 0.5) is 0 Å². The number of hydrogen-bond acceptors (Lipinski definition) is 7. The number of rotatable bonds is 3. The van der Waals surface area contributed by atoms with E-state index in [0.717, 1.165) is 0 Å². The number of ether oxygens (including phenoxy) is 1. The largest absolute Gasteiger partial charge is 0.461 e. The summed E-state index contributed by atoms with van der Waals surface area (Å²) in [6.45, 7) is 4.25. The Balaban J connectivity index is 2.29. The van der Waals surface area contributed by atoms with Crippen molar-refractivity contribution in [3.8, 4) is 0 Å². The molecule has 0 unspecified atom stereocenters. The van der Waals surface area contributed by atoms with E-state index in [1.54, 1.807) is 6.92 Å². The maximum atomic E-state index is 12.1. The van der Waals surface area contributed by atoms with Crippen LogP contribution in [0.1, 0.15) is 24.3 Å². The van der Waals surface area contributed by atoms with E-state index in [1.165, 1.54) is 21.6 Å². The van der Waals surface area contributed by atoms with Crippen molar-refractivity contribution in [3.63, 3.8) is 0 Å². The van der Waals surface area contributed by atoms with Crippen LogP contribution in [-0.2, 0) is 11.3 Å². The molecule has 0 aliphatic rings. The van der Waals surface area contributed by atoms with Crippen molar-refractivity contribution < 1.29 is 9.53 Å². The Hall–Kier alpha value is -2.84. The molecule has 0 bridgehead atoms. The smallest absolute Gasteiger partial charge is 0.360 e. The van der Waals surface area contributed by atoms with Gasteiger partial charge < -0.3 is 4.74 Å². The number of nitrogens with zero attached hydrogens (tertiary/aromatic N) is 6. The van der Waals surface area contributed by atoms with Gasteiger partial charge in [0, 0.05) is 6.54 Å². The van der Waals surface area contributed by atoms with Crippen molar-refractivity contribution in [2.24, 2.45) is 0 Å². The van der Waals surface area contributed by atoms with Crippen LogP contribution in [0.5, 0.6) is 0 Å². The molecule has 0 amide bonds.